The summed E-state index contributed by atoms with van der Waals surface area (Å²) in [6.45, 7) is 3.84. The van der Waals surface area contributed by atoms with Crippen molar-refractivity contribution in [2.45, 2.75) is 26.0 Å². The first kappa shape index (κ1) is 13.5. The molecule has 2 aromatic carbocycles. The number of nitrogens with one attached hydrogen (secondary N) is 1. The Morgan fingerprint density at radius 3 is 3.00 bits per heavy atom. The molecule has 104 valence electrons. The number of hydrogen-bond acceptors (Lipinski definition) is 2. The average Bonchev–Trinajstić information content (AvgIpc) is 2.80. The lowest BCUT2D eigenvalue weighted by atomic mass is 10.1. The van der Waals surface area contributed by atoms with Gasteiger partial charge in [-0.15, -0.1) is 0 Å². The lowest BCUT2D eigenvalue weighted by molar-refractivity contribution is 0.227. The molecule has 1 atom stereocenters. The highest BCUT2D eigenvalue weighted by Crippen LogP contribution is 2.30. The van der Waals surface area contributed by atoms with Gasteiger partial charge in [-0.1, -0.05) is 41.4 Å². The van der Waals surface area contributed by atoms with E-state index in [0.29, 0.717) is 0 Å². The second kappa shape index (κ2) is 5.86. The van der Waals surface area contributed by atoms with E-state index in [1.54, 1.807) is 0 Å². The Morgan fingerprint density at radius 1 is 1.25 bits per heavy atom. The summed E-state index contributed by atoms with van der Waals surface area (Å²) in [5, 5.41) is 4.24. The standard InChI is InChI=1S/C17H18ClNO/c1-12-3-2-4-13(7-12)10-19-11-16-9-14-8-15(18)5-6-17(14)20-16/h2-8,16,19H,9-11H2,1H3. The van der Waals surface area contributed by atoms with Crippen LogP contribution in [0.25, 0.3) is 0 Å². The molecule has 2 aromatic rings. The molecule has 0 saturated carbocycles. The Kier molecular flexibility index (Phi) is 3.95. The number of fused-ring (bicyclic) bond motifs is 1. The van der Waals surface area contributed by atoms with Crippen molar-refractivity contribution in [1.82, 2.24) is 5.32 Å². The molecule has 0 spiro atoms. The van der Waals surface area contributed by atoms with E-state index in [2.05, 4.69) is 36.5 Å². The SMILES string of the molecule is Cc1cccc(CNCC2Cc3cc(Cl)ccc3O2)c1. The number of ether oxygens (including phenoxy) is 1. The lowest BCUT2D eigenvalue weighted by Gasteiger charge is -2.12. The Labute approximate surface area is 124 Å². The molecular formula is C17H18ClNO. The summed E-state index contributed by atoms with van der Waals surface area (Å²) in [6.07, 6.45) is 1.13. The third-order valence-corrected chi connectivity index (χ3v) is 3.78. The molecule has 20 heavy (non-hydrogen) atoms. The zero-order chi connectivity index (χ0) is 13.9. The first-order chi connectivity index (χ1) is 9.70. The highest BCUT2D eigenvalue weighted by molar-refractivity contribution is 6.30. The van der Waals surface area contributed by atoms with Crippen LogP contribution in [0.1, 0.15) is 16.7 Å². The number of halogens is 1. The highest BCUT2D eigenvalue weighted by atomic mass is 35.5. The van der Waals surface area contributed by atoms with Crippen LogP contribution < -0.4 is 10.1 Å². The van der Waals surface area contributed by atoms with Crippen molar-refractivity contribution in [2.75, 3.05) is 6.54 Å². The van der Waals surface area contributed by atoms with Crippen molar-refractivity contribution in [3.63, 3.8) is 0 Å². The maximum atomic E-state index is 6.00. The van der Waals surface area contributed by atoms with Gasteiger partial charge in [0.05, 0.1) is 0 Å². The minimum atomic E-state index is 0.202. The average molecular weight is 288 g/mol. The number of rotatable bonds is 4. The summed E-state index contributed by atoms with van der Waals surface area (Å²) in [7, 11) is 0. The van der Waals surface area contributed by atoms with E-state index in [0.717, 1.165) is 30.3 Å². The van der Waals surface area contributed by atoms with Gasteiger partial charge in [0.1, 0.15) is 11.9 Å². The quantitative estimate of drug-likeness (QED) is 0.925. The van der Waals surface area contributed by atoms with E-state index in [-0.39, 0.29) is 6.10 Å². The second-order valence-electron chi connectivity index (χ2n) is 5.32. The van der Waals surface area contributed by atoms with Crippen molar-refractivity contribution in [3.8, 4) is 5.75 Å². The molecule has 2 nitrogen and oxygen atoms in total. The summed E-state index contributed by atoms with van der Waals surface area (Å²) in [4.78, 5) is 0. The monoisotopic (exact) mass is 287 g/mol. The topological polar surface area (TPSA) is 21.3 Å². The fourth-order valence-corrected chi connectivity index (χ4v) is 2.80. The molecule has 0 radical (unpaired) electrons. The molecule has 0 saturated heterocycles. The highest BCUT2D eigenvalue weighted by Gasteiger charge is 2.22. The molecule has 1 heterocycles. The van der Waals surface area contributed by atoms with E-state index in [1.165, 1.54) is 16.7 Å². The summed E-state index contributed by atoms with van der Waals surface area (Å²) in [5.41, 5.74) is 3.81. The lowest BCUT2D eigenvalue weighted by Crippen LogP contribution is -2.29. The molecule has 0 bridgehead atoms. The van der Waals surface area contributed by atoms with Crippen LogP contribution in [0.15, 0.2) is 42.5 Å². The minimum absolute atomic E-state index is 0.202. The summed E-state index contributed by atoms with van der Waals surface area (Å²) in [5.74, 6) is 0.969. The van der Waals surface area contributed by atoms with Crippen molar-refractivity contribution in [2.24, 2.45) is 0 Å². The predicted molar refractivity (Wildman–Crippen MR) is 82.5 cm³/mol. The predicted octanol–water partition coefficient (Wildman–Crippen LogP) is 3.74. The number of benzene rings is 2. The molecule has 3 rings (SSSR count). The zero-order valence-electron chi connectivity index (χ0n) is 11.5. The molecular weight excluding hydrogens is 270 g/mol. The van der Waals surface area contributed by atoms with Gasteiger partial charge in [0.25, 0.3) is 0 Å². The minimum Gasteiger partial charge on any atom is -0.488 e. The van der Waals surface area contributed by atoms with Crippen LogP contribution in [0.2, 0.25) is 5.02 Å². The fraction of sp³-hybridized carbons (Fsp3) is 0.294. The molecule has 1 aliphatic heterocycles. The van der Waals surface area contributed by atoms with Gasteiger partial charge in [-0.3, -0.25) is 0 Å². The van der Waals surface area contributed by atoms with Crippen LogP contribution >= 0.6 is 11.6 Å². The van der Waals surface area contributed by atoms with Gasteiger partial charge in [-0.2, -0.15) is 0 Å². The van der Waals surface area contributed by atoms with Gasteiger partial charge in [0.15, 0.2) is 0 Å². The van der Waals surface area contributed by atoms with Crippen LogP contribution in [0, 0.1) is 6.92 Å². The Balaban J connectivity index is 1.51. The number of hydrogen-bond donors (Lipinski definition) is 1. The molecule has 1 unspecified atom stereocenters. The molecule has 0 fully saturated rings. The van der Waals surface area contributed by atoms with Crippen LogP contribution in [-0.4, -0.2) is 12.6 Å². The van der Waals surface area contributed by atoms with Gasteiger partial charge in [0, 0.05) is 24.5 Å². The largest absolute Gasteiger partial charge is 0.488 e. The first-order valence-electron chi connectivity index (χ1n) is 6.92. The molecule has 0 aliphatic carbocycles. The smallest absolute Gasteiger partial charge is 0.123 e. The van der Waals surface area contributed by atoms with Gasteiger partial charge in [0.2, 0.25) is 0 Å². The van der Waals surface area contributed by atoms with Gasteiger partial charge < -0.3 is 10.1 Å². The van der Waals surface area contributed by atoms with E-state index >= 15 is 0 Å². The molecule has 0 aromatic heterocycles. The summed E-state index contributed by atoms with van der Waals surface area (Å²) in [6, 6.07) is 14.4. The maximum absolute atomic E-state index is 6.00. The van der Waals surface area contributed by atoms with Crippen LogP contribution in [0.5, 0.6) is 5.75 Å². The van der Waals surface area contributed by atoms with Crippen LogP contribution in [0.3, 0.4) is 0 Å². The Morgan fingerprint density at radius 2 is 2.15 bits per heavy atom. The van der Waals surface area contributed by atoms with E-state index in [1.807, 2.05) is 18.2 Å². The third kappa shape index (κ3) is 3.14. The first-order valence-corrected chi connectivity index (χ1v) is 7.30. The third-order valence-electron chi connectivity index (χ3n) is 3.55. The maximum Gasteiger partial charge on any atom is 0.123 e. The zero-order valence-corrected chi connectivity index (χ0v) is 12.3. The van der Waals surface area contributed by atoms with Crippen LogP contribution in [-0.2, 0) is 13.0 Å². The van der Waals surface area contributed by atoms with Crippen molar-refractivity contribution in [3.05, 3.63) is 64.2 Å². The van der Waals surface area contributed by atoms with E-state index < -0.39 is 0 Å². The van der Waals surface area contributed by atoms with Gasteiger partial charge >= 0.3 is 0 Å². The summed E-state index contributed by atoms with van der Waals surface area (Å²) >= 11 is 6.00. The summed E-state index contributed by atoms with van der Waals surface area (Å²) < 4.78 is 5.90. The fourth-order valence-electron chi connectivity index (χ4n) is 2.60. The van der Waals surface area contributed by atoms with Gasteiger partial charge in [-0.05, 0) is 36.2 Å². The van der Waals surface area contributed by atoms with Crippen molar-refractivity contribution < 1.29 is 4.74 Å². The Bertz CT molecular complexity index is 612. The van der Waals surface area contributed by atoms with Crippen molar-refractivity contribution >= 4 is 11.6 Å². The van der Waals surface area contributed by atoms with E-state index in [4.69, 9.17) is 16.3 Å². The van der Waals surface area contributed by atoms with E-state index in [9.17, 15) is 0 Å². The Hall–Kier alpha value is -1.51. The van der Waals surface area contributed by atoms with Crippen molar-refractivity contribution in [1.29, 1.82) is 0 Å². The van der Waals surface area contributed by atoms with Crippen LogP contribution in [0.4, 0.5) is 0 Å². The number of aryl methyl sites for hydroxylation is 1. The molecule has 1 aliphatic rings. The molecule has 0 amide bonds. The molecule has 3 heteroatoms. The normalized spacial score (nSPS) is 16.8. The molecule has 1 N–H and O–H groups in total. The second-order valence-corrected chi connectivity index (χ2v) is 5.75. The van der Waals surface area contributed by atoms with Gasteiger partial charge in [-0.25, -0.2) is 0 Å².